The minimum absolute atomic E-state index is 0.0367. The number of aromatic hydroxyl groups is 3. The first-order valence-electron chi connectivity index (χ1n) is 7.73. The van der Waals surface area contributed by atoms with Gasteiger partial charge in [0.15, 0.2) is 5.78 Å². The van der Waals surface area contributed by atoms with Gasteiger partial charge in [-0.25, -0.2) is 0 Å². The molecule has 130 valence electrons. The van der Waals surface area contributed by atoms with Crippen molar-refractivity contribution in [2.24, 2.45) is 0 Å². The van der Waals surface area contributed by atoms with E-state index in [1.54, 1.807) is 31.2 Å². The highest BCUT2D eigenvalue weighted by Gasteiger charge is 2.09. The fourth-order valence-electron chi connectivity index (χ4n) is 2.21. The Balaban J connectivity index is 2.19. The van der Waals surface area contributed by atoms with Gasteiger partial charge in [-0.15, -0.1) is 0 Å². The van der Waals surface area contributed by atoms with Crippen molar-refractivity contribution in [2.75, 3.05) is 6.61 Å². The number of aliphatic hydroxyl groups excluding tert-OH is 1. The first kappa shape index (κ1) is 18.3. The van der Waals surface area contributed by atoms with E-state index in [0.717, 1.165) is 17.2 Å². The van der Waals surface area contributed by atoms with Gasteiger partial charge in [0, 0.05) is 6.07 Å². The zero-order valence-electron chi connectivity index (χ0n) is 13.8. The smallest absolute Gasteiger partial charge is 0.189 e. The highest BCUT2D eigenvalue weighted by molar-refractivity contribution is 6.08. The maximum Gasteiger partial charge on any atom is 0.189 e. The fraction of sp³-hybridized carbons (Fsp3) is 0.150. The molecule has 5 nitrogen and oxygen atoms in total. The van der Waals surface area contributed by atoms with Gasteiger partial charge < -0.3 is 20.4 Å². The minimum Gasteiger partial charge on any atom is -0.508 e. The van der Waals surface area contributed by atoms with Crippen molar-refractivity contribution >= 4 is 11.9 Å². The number of hydrogen-bond acceptors (Lipinski definition) is 5. The number of carbonyl (C=O) groups excluding carboxylic acids is 1. The summed E-state index contributed by atoms with van der Waals surface area (Å²) in [5.74, 6) is -0.664. The van der Waals surface area contributed by atoms with Crippen LogP contribution in [0.3, 0.4) is 0 Å². The monoisotopic (exact) mass is 340 g/mol. The van der Waals surface area contributed by atoms with E-state index in [4.69, 9.17) is 5.11 Å². The molecule has 0 fully saturated rings. The van der Waals surface area contributed by atoms with Crippen molar-refractivity contribution < 1.29 is 25.2 Å². The Bertz CT molecular complexity index is 834. The van der Waals surface area contributed by atoms with Gasteiger partial charge in [0.2, 0.25) is 0 Å². The van der Waals surface area contributed by atoms with E-state index in [1.807, 2.05) is 6.08 Å². The average Bonchev–Trinajstić information content (AvgIpc) is 2.59. The van der Waals surface area contributed by atoms with Crippen LogP contribution in [0.15, 0.2) is 54.1 Å². The van der Waals surface area contributed by atoms with Crippen molar-refractivity contribution in [2.45, 2.75) is 13.3 Å². The third-order valence-electron chi connectivity index (χ3n) is 3.70. The molecule has 4 N–H and O–H groups in total. The van der Waals surface area contributed by atoms with Gasteiger partial charge in [-0.1, -0.05) is 23.8 Å². The van der Waals surface area contributed by atoms with Crippen LogP contribution < -0.4 is 0 Å². The number of phenolic OH excluding ortho intramolecular Hbond substituents is 3. The summed E-state index contributed by atoms with van der Waals surface area (Å²) >= 11 is 0. The van der Waals surface area contributed by atoms with Gasteiger partial charge in [-0.2, -0.15) is 0 Å². The molecule has 2 rings (SSSR count). The van der Waals surface area contributed by atoms with Crippen molar-refractivity contribution in [1.82, 2.24) is 0 Å². The molecule has 0 saturated heterocycles. The summed E-state index contributed by atoms with van der Waals surface area (Å²) in [6, 6.07) is 8.74. The highest BCUT2D eigenvalue weighted by Crippen LogP contribution is 2.24. The zero-order valence-corrected chi connectivity index (χ0v) is 13.8. The summed E-state index contributed by atoms with van der Waals surface area (Å²) in [6.45, 7) is 1.76. The van der Waals surface area contributed by atoms with E-state index < -0.39 is 5.78 Å². The summed E-state index contributed by atoms with van der Waals surface area (Å²) in [4.78, 5) is 12.1. The SMILES string of the molecule is CC(=CCc1cc(C=CC(=O)c2ccc(O)cc2O)ccc1O)CO. The lowest BCUT2D eigenvalue weighted by Crippen LogP contribution is -1.94. The average molecular weight is 340 g/mol. The van der Waals surface area contributed by atoms with Gasteiger partial charge in [0.05, 0.1) is 12.2 Å². The number of ketones is 1. The number of aliphatic hydroxyl groups is 1. The standard InChI is InChI=1S/C20H20O5/c1-13(12-21)2-5-15-10-14(3-8-18(15)23)4-9-19(24)17-7-6-16(22)11-20(17)25/h2-4,6-11,21-23,25H,5,12H2,1H3. The molecule has 0 heterocycles. The Morgan fingerprint density at radius 3 is 2.48 bits per heavy atom. The largest absolute Gasteiger partial charge is 0.508 e. The van der Waals surface area contributed by atoms with Gasteiger partial charge in [0.1, 0.15) is 17.2 Å². The fourth-order valence-corrected chi connectivity index (χ4v) is 2.21. The second-order valence-electron chi connectivity index (χ2n) is 5.70. The molecule has 0 amide bonds. The quantitative estimate of drug-likeness (QED) is 0.368. The maximum atomic E-state index is 12.1. The number of allylic oxidation sites excluding steroid dienone is 2. The van der Waals surface area contributed by atoms with Crippen molar-refractivity contribution in [1.29, 1.82) is 0 Å². The van der Waals surface area contributed by atoms with Gasteiger partial charge in [-0.05, 0) is 54.8 Å². The van der Waals surface area contributed by atoms with Crippen LogP contribution in [-0.2, 0) is 6.42 Å². The molecular formula is C20H20O5. The Morgan fingerprint density at radius 2 is 1.80 bits per heavy atom. The lowest BCUT2D eigenvalue weighted by Gasteiger charge is -2.04. The molecule has 0 unspecified atom stereocenters. The first-order valence-corrected chi connectivity index (χ1v) is 7.73. The predicted molar refractivity (Wildman–Crippen MR) is 95.8 cm³/mol. The Labute approximate surface area is 145 Å². The van der Waals surface area contributed by atoms with E-state index in [1.165, 1.54) is 18.2 Å². The van der Waals surface area contributed by atoms with Crippen molar-refractivity contribution in [3.8, 4) is 17.2 Å². The lowest BCUT2D eigenvalue weighted by molar-refractivity contribution is 0.104. The summed E-state index contributed by atoms with van der Waals surface area (Å²) in [5, 5.41) is 37.9. The van der Waals surface area contributed by atoms with E-state index >= 15 is 0 Å². The molecule has 2 aromatic carbocycles. The Morgan fingerprint density at radius 1 is 1.04 bits per heavy atom. The molecular weight excluding hydrogens is 320 g/mol. The second kappa shape index (κ2) is 8.17. The number of carbonyl (C=O) groups is 1. The Kier molecular flexibility index (Phi) is 5.98. The molecule has 0 aromatic heterocycles. The third-order valence-corrected chi connectivity index (χ3v) is 3.70. The molecule has 25 heavy (non-hydrogen) atoms. The summed E-state index contributed by atoms with van der Waals surface area (Å²) in [7, 11) is 0. The molecule has 0 atom stereocenters. The van der Waals surface area contributed by atoms with Crippen LogP contribution >= 0.6 is 0 Å². The van der Waals surface area contributed by atoms with Crippen LogP contribution in [0, 0.1) is 0 Å². The van der Waals surface area contributed by atoms with Gasteiger partial charge >= 0.3 is 0 Å². The van der Waals surface area contributed by atoms with Gasteiger partial charge in [-0.3, -0.25) is 4.79 Å². The predicted octanol–water partition coefficient (Wildman–Crippen LogP) is 3.18. The summed E-state index contributed by atoms with van der Waals surface area (Å²) in [6.07, 6.45) is 5.19. The van der Waals surface area contributed by atoms with Crippen LogP contribution in [0.25, 0.3) is 6.08 Å². The van der Waals surface area contributed by atoms with Crippen LogP contribution in [0.5, 0.6) is 17.2 Å². The molecule has 0 spiro atoms. The van der Waals surface area contributed by atoms with Crippen LogP contribution in [0.4, 0.5) is 0 Å². The number of rotatable bonds is 6. The van der Waals surface area contributed by atoms with Crippen molar-refractivity contribution in [3.05, 3.63) is 70.8 Å². The number of hydrogen-bond donors (Lipinski definition) is 4. The molecule has 0 aliphatic rings. The maximum absolute atomic E-state index is 12.1. The van der Waals surface area contributed by atoms with Gasteiger partial charge in [0.25, 0.3) is 0 Å². The zero-order chi connectivity index (χ0) is 18.4. The molecule has 0 aliphatic heterocycles. The summed E-state index contributed by atoms with van der Waals surface area (Å²) in [5.41, 5.74) is 2.29. The molecule has 5 heteroatoms. The van der Waals surface area contributed by atoms with Crippen molar-refractivity contribution in [3.63, 3.8) is 0 Å². The van der Waals surface area contributed by atoms with Crippen LogP contribution in [0.1, 0.15) is 28.4 Å². The minimum atomic E-state index is -0.400. The normalized spacial score (nSPS) is 11.8. The Hall–Kier alpha value is -3.05. The van der Waals surface area contributed by atoms with E-state index in [0.29, 0.717) is 12.0 Å². The highest BCUT2D eigenvalue weighted by atomic mass is 16.3. The molecule has 2 aromatic rings. The lowest BCUT2D eigenvalue weighted by atomic mass is 10.0. The topological polar surface area (TPSA) is 98.0 Å². The van der Waals surface area contributed by atoms with Crippen LogP contribution in [-0.4, -0.2) is 32.8 Å². The van der Waals surface area contributed by atoms with Crippen LogP contribution in [0.2, 0.25) is 0 Å². The van der Waals surface area contributed by atoms with E-state index in [2.05, 4.69) is 0 Å². The molecule has 0 aliphatic carbocycles. The molecule has 0 radical (unpaired) electrons. The first-order chi connectivity index (χ1) is 11.9. The molecule has 0 bridgehead atoms. The summed E-state index contributed by atoms with van der Waals surface area (Å²) < 4.78 is 0. The number of phenols is 3. The van der Waals surface area contributed by atoms with E-state index in [9.17, 15) is 20.1 Å². The molecule has 0 saturated carbocycles. The van der Waals surface area contributed by atoms with E-state index in [-0.39, 0.29) is 29.4 Å². The number of benzene rings is 2. The third kappa shape index (κ3) is 4.96. The second-order valence-corrected chi connectivity index (χ2v) is 5.70.